The molecule has 0 amide bonds. The minimum Gasteiger partial charge on any atom is -0.481 e. The molecular weight excluding hydrogens is 292 g/mol. The van der Waals surface area contributed by atoms with Gasteiger partial charge in [0, 0.05) is 6.04 Å². The zero-order valence-corrected chi connectivity index (χ0v) is 11.5. The normalized spacial score (nSPS) is 12.7. The maximum Gasteiger partial charge on any atom is 0.304 e. The molecule has 0 bridgehead atoms. The lowest BCUT2D eigenvalue weighted by molar-refractivity contribution is -0.137. The van der Waals surface area contributed by atoms with Crippen molar-refractivity contribution in [1.82, 2.24) is 4.72 Å². The van der Waals surface area contributed by atoms with Crippen molar-refractivity contribution in [3.63, 3.8) is 0 Å². The predicted octanol–water partition coefficient (Wildman–Crippen LogP) is 1.35. The molecule has 0 saturated carbocycles. The van der Waals surface area contributed by atoms with Crippen LogP contribution in [0.1, 0.15) is 18.9 Å². The van der Waals surface area contributed by atoms with E-state index in [1.807, 2.05) is 6.07 Å². The van der Waals surface area contributed by atoms with E-state index in [0.717, 1.165) is 6.07 Å². The van der Waals surface area contributed by atoms with Crippen molar-refractivity contribution >= 4 is 27.6 Å². The highest BCUT2D eigenvalue weighted by molar-refractivity contribution is 7.89. The lowest BCUT2D eigenvalue weighted by Crippen LogP contribution is -2.34. The Morgan fingerprint density at radius 1 is 1.58 bits per heavy atom. The van der Waals surface area contributed by atoms with Gasteiger partial charge in [-0.2, -0.15) is 5.26 Å². The molecule has 6 nitrogen and oxygen atoms in total. The SMILES string of the molecule is CC(CC(=O)O)NS(=O)(=O)c1cc(C#N)ccc1Cl. The van der Waals surface area contributed by atoms with Crippen molar-refractivity contribution < 1.29 is 18.3 Å². The summed E-state index contributed by atoms with van der Waals surface area (Å²) in [5.41, 5.74) is 0.149. The molecule has 1 rings (SSSR count). The Labute approximate surface area is 115 Å². The van der Waals surface area contributed by atoms with Gasteiger partial charge in [0.2, 0.25) is 10.0 Å². The van der Waals surface area contributed by atoms with Gasteiger partial charge in [0.05, 0.1) is 23.1 Å². The second-order valence-electron chi connectivity index (χ2n) is 3.88. The van der Waals surface area contributed by atoms with E-state index < -0.39 is 22.0 Å². The number of carbonyl (C=O) groups is 1. The average molecular weight is 303 g/mol. The summed E-state index contributed by atoms with van der Waals surface area (Å²) in [5.74, 6) is -1.12. The van der Waals surface area contributed by atoms with Gasteiger partial charge in [-0.1, -0.05) is 11.6 Å². The summed E-state index contributed by atoms with van der Waals surface area (Å²) >= 11 is 5.78. The van der Waals surface area contributed by atoms with E-state index in [1.165, 1.54) is 19.1 Å². The first kappa shape index (κ1) is 15.4. The van der Waals surface area contributed by atoms with Crippen LogP contribution < -0.4 is 4.72 Å². The van der Waals surface area contributed by atoms with Crippen LogP contribution in [0.4, 0.5) is 0 Å². The number of nitriles is 1. The van der Waals surface area contributed by atoms with Crippen LogP contribution in [-0.4, -0.2) is 25.5 Å². The molecule has 1 unspecified atom stereocenters. The van der Waals surface area contributed by atoms with Crippen LogP contribution in [0.3, 0.4) is 0 Å². The number of carboxylic acid groups (broad SMARTS) is 1. The summed E-state index contributed by atoms with van der Waals surface area (Å²) in [6, 6.07) is 4.85. The number of halogens is 1. The zero-order valence-electron chi connectivity index (χ0n) is 9.92. The molecule has 19 heavy (non-hydrogen) atoms. The third-order valence-corrected chi connectivity index (χ3v) is 4.26. The van der Waals surface area contributed by atoms with Gasteiger partial charge in [-0.15, -0.1) is 0 Å². The summed E-state index contributed by atoms with van der Waals surface area (Å²) in [6.07, 6.45) is -0.352. The largest absolute Gasteiger partial charge is 0.481 e. The molecule has 102 valence electrons. The summed E-state index contributed by atoms with van der Waals surface area (Å²) in [7, 11) is -3.96. The third kappa shape index (κ3) is 4.21. The minimum atomic E-state index is -3.96. The van der Waals surface area contributed by atoms with E-state index in [0.29, 0.717) is 0 Å². The van der Waals surface area contributed by atoms with E-state index in [2.05, 4.69) is 4.72 Å². The Bertz CT molecular complexity index is 637. The van der Waals surface area contributed by atoms with Crippen LogP contribution in [0.2, 0.25) is 5.02 Å². The molecule has 0 fully saturated rings. The van der Waals surface area contributed by atoms with E-state index in [1.54, 1.807) is 0 Å². The van der Waals surface area contributed by atoms with Gasteiger partial charge in [-0.3, -0.25) is 4.79 Å². The third-order valence-electron chi connectivity index (χ3n) is 2.19. The molecular formula is C11H11ClN2O4S. The van der Waals surface area contributed by atoms with Crippen LogP contribution in [0.25, 0.3) is 0 Å². The fourth-order valence-electron chi connectivity index (χ4n) is 1.41. The van der Waals surface area contributed by atoms with Gasteiger partial charge in [0.1, 0.15) is 4.90 Å². The summed E-state index contributed by atoms with van der Waals surface area (Å²) < 4.78 is 26.2. The Morgan fingerprint density at radius 2 is 2.21 bits per heavy atom. The molecule has 0 saturated heterocycles. The number of carboxylic acids is 1. The second-order valence-corrected chi connectivity index (χ2v) is 5.97. The number of nitrogens with one attached hydrogen (secondary N) is 1. The maximum absolute atomic E-state index is 12.0. The highest BCUT2D eigenvalue weighted by Gasteiger charge is 2.22. The first-order valence-electron chi connectivity index (χ1n) is 5.20. The van der Waals surface area contributed by atoms with Crippen LogP contribution in [0.5, 0.6) is 0 Å². The number of nitrogens with zero attached hydrogens (tertiary/aromatic N) is 1. The number of hydrogen-bond acceptors (Lipinski definition) is 4. The molecule has 2 N–H and O–H groups in total. The number of benzene rings is 1. The van der Waals surface area contributed by atoms with Crippen molar-refractivity contribution in [2.24, 2.45) is 0 Å². The maximum atomic E-state index is 12.0. The van der Waals surface area contributed by atoms with Gasteiger partial charge >= 0.3 is 5.97 Å². The molecule has 1 aromatic rings. The standard InChI is InChI=1S/C11H11ClN2O4S/c1-7(4-11(15)16)14-19(17,18)10-5-8(6-13)2-3-9(10)12/h2-3,5,7,14H,4H2,1H3,(H,15,16). The monoisotopic (exact) mass is 302 g/mol. The Morgan fingerprint density at radius 3 is 2.74 bits per heavy atom. The minimum absolute atomic E-state index is 0.0333. The lowest BCUT2D eigenvalue weighted by atomic mass is 10.2. The summed E-state index contributed by atoms with van der Waals surface area (Å²) in [5, 5.41) is 17.3. The molecule has 0 aromatic heterocycles. The molecule has 0 heterocycles. The molecule has 0 radical (unpaired) electrons. The average Bonchev–Trinajstić information content (AvgIpc) is 2.27. The molecule has 1 aromatic carbocycles. The van der Waals surface area contributed by atoms with E-state index >= 15 is 0 Å². The first-order chi connectivity index (χ1) is 8.76. The summed E-state index contributed by atoms with van der Waals surface area (Å²) in [4.78, 5) is 10.3. The van der Waals surface area contributed by atoms with Crippen LogP contribution in [-0.2, 0) is 14.8 Å². The Hall–Kier alpha value is -1.62. The zero-order chi connectivity index (χ0) is 14.6. The topological polar surface area (TPSA) is 107 Å². The van der Waals surface area contributed by atoms with Gasteiger partial charge in [-0.05, 0) is 25.1 Å². The summed E-state index contributed by atoms with van der Waals surface area (Å²) in [6.45, 7) is 1.42. The highest BCUT2D eigenvalue weighted by Crippen LogP contribution is 2.22. The van der Waals surface area contributed by atoms with Crippen LogP contribution >= 0.6 is 11.6 Å². The van der Waals surface area contributed by atoms with Crippen molar-refractivity contribution in [2.45, 2.75) is 24.3 Å². The van der Waals surface area contributed by atoms with Gasteiger partial charge in [0.15, 0.2) is 0 Å². The number of hydrogen-bond donors (Lipinski definition) is 2. The predicted molar refractivity (Wildman–Crippen MR) is 68.2 cm³/mol. The van der Waals surface area contributed by atoms with Gasteiger partial charge in [0.25, 0.3) is 0 Å². The molecule has 0 aliphatic rings. The van der Waals surface area contributed by atoms with Crippen LogP contribution in [0, 0.1) is 11.3 Å². The smallest absolute Gasteiger partial charge is 0.304 e. The fraction of sp³-hybridized carbons (Fsp3) is 0.273. The first-order valence-corrected chi connectivity index (χ1v) is 7.06. The van der Waals surface area contributed by atoms with Gasteiger partial charge in [-0.25, -0.2) is 13.1 Å². The fourth-order valence-corrected chi connectivity index (χ4v) is 3.18. The molecule has 8 heteroatoms. The highest BCUT2D eigenvalue weighted by atomic mass is 35.5. The van der Waals surface area contributed by atoms with Crippen molar-refractivity contribution in [3.05, 3.63) is 28.8 Å². The molecule has 0 spiro atoms. The number of sulfonamides is 1. The Balaban J connectivity index is 3.07. The number of aliphatic carboxylic acids is 1. The molecule has 1 atom stereocenters. The second kappa shape index (κ2) is 6.02. The Kier molecular flexibility index (Phi) is 4.89. The lowest BCUT2D eigenvalue weighted by Gasteiger charge is -2.13. The van der Waals surface area contributed by atoms with Crippen molar-refractivity contribution in [1.29, 1.82) is 5.26 Å². The van der Waals surface area contributed by atoms with E-state index in [4.69, 9.17) is 22.0 Å². The van der Waals surface area contributed by atoms with E-state index in [-0.39, 0.29) is 21.9 Å². The quantitative estimate of drug-likeness (QED) is 0.853. The van der Waals surface area contributed by atoms with Crippen molar-refractivity contribution in [2.75, 3.05) is 0 Å². The van der Waals surface area contributed by atoms with Crippen molar-refractivity contribution in [3.8, 4) is 6.07 Å². The molecule has 0 aliphatic heterocycles. The van der Waals surface area contributed by atoms with Crippen LogP contribution in [0.15, 0.2) is 23.1 Å². The van der Waals surface area contributed by atoms with Gasteiger partial charge < -0.3 is 5.11 Å². The van der Waals surface area contributed by atoms with E-state index in [9.17, 15) is 13.2 Å². The number of rotatable bonds is 5. The molecule has 0 aliphatic carbocycles.